The van der Waals surface area contributed by atoms with Gasteiger partial charge in [0.2, 0.25) is 0 Å². The summed E-state index contributed by atoms with van der Waals surface area (Å²) in [6.45, 7) is 9.86. The Hall–Kier alpha value is -2.23. The fraction of sp³-hybridized carbons (Fsp3) is 0.542. The molecule has 0 saturated heterocycles. The van der Waals surface area contributed by atoms with E-state index in [1.165, 1.54) is 18.4 Å². The summed E-state index contributed by atoms with van der Waals surface area (Å²) in [5.41, 5.74) is 3.14. The van der Waals surface area contributed by atoms with E-state index in [0.717, 1.165) is 48.3 Å². The van der Waals surface area contributed by atoms with E-state index < -0.39 is 0 Å². The van der Waals surface area contributed by atoms with Gasteiger partial charge in [-0.1, -0.05) is 25.3 Å². The van der Waals surface area contributed by atoms with E-state index in [1.54, 1.807) is 14.2 Å². The predicted molar refractivity (Wildman–Crippen MR) is 116 cm³/mol. The summed E-state index contributed by atoms with van der Waals surface area (Å²) in [7, 11) is 3.32. The second-order valence-electron chi connectivity index (χ2n) is 7.24. The summed E-state index contributed by atoms with van der Waals surface area (Å²) in [5, 5.41) is 0. The molecule has 0 aliphatic carbocycles. The van der Waals surface area contributed by atoms with Gasteiger partial charge in [-0.15, -0.1) is 6.58 Å². The van der Waals surface area contributed by atoms with Gasteiger partial charge in [-0.25, -0.2) is 0 Å². The molecular weight excluding hydrogens is 352 g/mol. The van der Waals surface area contributed by atoms with Gasteiger partial charge in [-0.2, -0.15) is 0 Å². The number of unbranched alkanes of at least 4 members (excludes halogenated alkanes) is 2. The van der Waals surface area contributed by atoms with Gasteiger partial charge < -0.3 is 14.2 Å². The van der Waals surface area contributed by atoms with Crippen LogP contribution in [0.2, 0.25) is 0 Å². The molecule has 0 fully saturated rings. The smallest absolute Gasteiger partial charge is 0.306 e. The lowest BCUT2D eigenvalue weighted by Gasteiger charge is -2.14. The molecule has 0 aliphatic heterocycles. The Bertz CT molecular complexity index is 636. The first-order valence-corrected chi connectivity index (χ1v) is 10.2. The predicted octanol–water partition coefficient (Wildman–Crippen LogP) is 6.13. The van der Waals surface area contributed by atoms with Crippen LogP contribution in [0.1, 0.15) is 70.4 Å². The number of aryl methyl sites for hydroxylation is 1. The largest absolute Gasteiger partial charge is 0.496 e. The summed E-state index contributed by atoms with van der Waals surface area (Å²) in [4.78, 5) is 11.9. The molecule has 0 N–H and O–H groups in total. The number of carbonyl (C=O) groups excluding carboxylic acids is 1. The molecule has 1 rings (SSSR count). The molecule has 4 nitrogen and oxygen atoms in total. The summed E-state index contributed by atoms with van der Waals surface area (Å²) < 4.78 is 16.6. The topological polar surface area (TPSA) is 44.8 Å². The van der Waals surface area contributed by atoms with Crippen LogP contribution in [0.25, 0.3) is 6.08 Å². The van der Waals surface area contributed by atoms with Crippen molar-refractivity contribution in [3.05, 3.63) is 41.5 Å². The average Bonchev–Trinajstić information content (AvgIpc) is 2.65. The highest BCUT2D eigenvalue weighted by molar-refractivity contribution is 5.70. The Kier molecular flexibility index (Phi) is 11.1. The third-order valence-electron chi connectivity index (χ3n) is 4.51. The van der Waals surface area contributed by atoms with Gasteiger partial charge in [0.15, 0.2) is 0 Å². The lowest BCUT2D eigenvalue weighted by atomic mass is 10.0. The van der Waals surface area contributed by atoms with Crippen LogP contribution in [0.4, 0.5) is 0 Å². The van der Waals surface area contributed by atoms with Crippen molar-refractivity contribution in [2.45, 2.75) is 71.8 Å². The zero-order valence-electron chi connectivity index (χ0n) is 18.2. The molecule has 1 unspecified atom stereocenters. The van der Waals surface area contributed by atoms with Crippen LogP contribution in [-0.4, -0.2) is 26.3 Å². The normalized spacial score (nSPS) is 12.0. The van der Waals surface area contributed by atoms with Gasteiger partial charge in [-0.3, -0.25) is 4.79 Å². The van der Waals surface area contributed by atoms with E-state index in [2.05, 4.69) is 25.6 Å². The SMILES string of the molecule is C=C(C)CCCC(=O)OC(C)/C=C/c1c(OC)cc(CCCCC)cc1OC. The second-order valence-corrected chi connectivity index (χ2v) is 7.24. The van der Waals surface area contributed by atoms with Crippen molar-refractivity contribution in [3.63, 3.8) is 0 Å². The second kappa shape index (κ2) is 13.0. The zero-order valence-corrected chi connectivity index (χ0v) is 18.2. The number of carbonyl (C=O) groups is 1. The number of methoxy groups -OCH3 is 2. The monoisotopic (exact) mass is 388 g/mol. The molecule has 0 aromatic heterocycles. The third kappa shape index (κ3) is 8.64. The van der Waals surface area contributed by atoms with Crippen LogP contribution in [0.5, 0.6) is 11.5 Å². The van der Waals surface area contributed by atoms with Crippen molar-refractivity contribution < 1.29 is 19.0 Å². The molecule has 4 heteroatoms. The van der Waals surface area contributed by atoms with Gasteiger partial charge in [-0.05, 0) is 69.4 Å². The fourth-order valence-electron chi connectivity index (χ4n) is 2.95. The molecule has 0 spiro atoms. The Morgan fingerprint density at radius 3 is 2.29 bits per heavy atom. The minimum Gasteiger partial charge on any atom is -0.496 e. The van der Waals surface area contributed by atoms with Crippen LogP contribution < -0.4 is 9.47 Å². The van der Waals surface area contributed by atoms with Gasteiger partial charge in [0.1, 0.15) is 17.6 Å². The number of hydrogen-bond donors (Lipinski definition) is 0. The number of hydrogen-bond acceptors (Lipinski definition) is 4. The summed E-state index contributed by atoms with van der Waals surface area (Å²) in [5.74, 6) is 1.34. The van der Waals surface area contributed by atoms with Crippen molar-refractivity contribution in [2.75, 3.05) is 14.2 Å². The summed E-state index contributed by atoms with van der Waals surface area (Å²) in [6.07, 6.45) is 10.0. The summed E-state index contributed by atoms with van der Waals surface area (Å²) >= 11 is 0. The number of allylic oxidation sites excluding steroid dienone is 1. The van der Waals surface area contributed by atoms with Crippen molar-refractivity contribution in [3.8, 4) is 11.5 Å². The third-order valence-corrected chi connectivity index (χ3v) is 4.51. The van der Waals surface area contributed by atoms with Crippen LogP contribution >= 0.6 is 0 Å². The van der Waals surface area contributed by atoms with Crippen LogP contribution in [0.15, 0.2) is 30.4 Å². The van der Waals surface area contributed by atoms with Gasteiger partial charge >= 0.3 is 5.97 Å². The van der Waals surface area contributed by atoms with Gasteiger partial charge in [0, 0.05) is 6.42 Å². The molecule has 1 atom stereocenters. The van der Waals surface area contributed by atoms with Crippen LogP contribution in [0, 0.1) is 0 Å². The molecule has 1 aromatic carbocycles. The fourth-order valence-corrected chi connectivity index (χ4v) is 2.95. The molecule has 0 saturated carbocycles. The Morgan fingerprint density at radius 2 is 1.75 bits per heavy atom. The highest BCUT2D eigenvalue weighted by Crippen LogP contribution is 2.32. The van der Waals surface area contributed by atoms with E-state index in [4.69, 9.17) is 14.2 Å². The first-order valence-electron chi connectivity index (χ1n) is 10.2. The standard InChI is InChI=1S/C24H36O4/c1-7-8-9-12-20-16-22(26-5)21(23(17-20)27-6)15-14-19(4)28-24(25)13-10-11-18(2)3/h14-17,19H,2,7-13H2,1,3-6H3/b15-14+. The quantitative estimate of drug-likeness (QED) is 0.232. The van der Waals surface area contributed by atoms with E-state index >= 15 is 0 Å². The van der Waals surface area contributed by atoms with E-state index in [-0.39, 0.29) is 12.1 Å². The Morgan fingerprint density at radius 1 is 1.11 bits per heavy atom. The molecule has 0 aliphatic rings. The maximum Gasteiger partial charge on any atom is 0.306 e. The average molecular weight is 389 g/mol. The van der Waals surface area contributed by atoms with Crippen molar-refractivity contribution in [2.24, 2.45) is 0 Å². The molecular formula is C24H36O4. The highest BCUT2D eigenvalue weighted by Gasteiger charge is 2.12. The van der Waals surface area contributed by atoms with Crippen LogP contribution in [-0.2, 0) is 16.0 Å². The molecule has 0 heterocycles. The molecule has 0 bridgehead atoms. The molecule has 28 heavy (non-hydrogen) atoms. The molecule has 156 valence electrons. The number of rotatable bonds is 13. The minimum atomic E-state index is -0.323. The van der Waals surface area contributed by atoms with Crippen molar-refractivity contribution >= 4 is 12.0 Å². The van der Waals surface area contributed by atoms with Gasteiger partial charge in [0.25, 0.3) is 0 Å². The number of ether oxygens (including phenoxy) is 3. The van der Waals surface area contributed by atoms with Crippen molar-refractivity contribution in [1.82, 2.24) is 0 Å². The zero-order chi connectivity index (χ0) is 20.9. The van der Waals surface area contributed by atoms with E-state index in [0.29, 0.717) is 6.42 Å². The lowest BCUT2D eigenvalue weighted by Crippen LogP contribution is -2.12. The Balaban J connectivity index is 2.79. The Labute approximate surface area is 170 Å². The molecule has 0 radical (unpaired) electrons. The minimum absolute atomic E-state index is 0.191. The van der Waals surface area contributed by atoms with Crippen LogP contribution in [0.3, 0.4) is 0 Å². The van der Waals surface area contributed by atoms with E-state index in [9.17, 15) is 4.79 Å². The maximum absolute atomic E-state index is 11.9. The maximum atomic E-state index is 11.9. The van der Waals surface area contributed by atoms with Gasteiger partial charge in [0.05, 0.1) is 19.8 Å². The van der Waals surface area contributed by atoms with E-state index in [1.807, 2.05) is 26.0 Å². The molecule has 1 aromatic rings. The lowest BCUT2D eigenvalue weighted by molar-refractivity contribution is -0.146. The number of benzene rings is 1. The molecule has 0 amide bonds. The van der Waals surface area contributed by atoms with Crippen molar-refractivity contribution in [1.29, 1.82) is 0 Å². The highest BCUT2D eigenvalue weighted by atomic mass is 16.5. The summed E-state index contributed by atoms with van der Waals surface area (Å²) in [6, 6.07) is 4.12. The first-order chi connectivity index (χ1) is 13.4. The first kappa shape index (κ1) is 23.8. The number of esters is 1.